The van der Waals surface area contributed by atoms with Crippen molar-refractivity contribution < 1.29 is 0 Å². The van der Waals surface area contributed by atoms with Crippen LogP contribution < -0.4 is 11.1 Å². The minimum atomic E-state index is 0.197. The molecular weight excluding hydrogens is 160 g/mol. The highest BCUT2D eigenvalue weighted by atomic mass is 14.9. The maximum atomic E-state index is 6.11. The maximum Gasteiger partial charge on any atom is 0.0166 e. The van der Waals surface area contributed by atoms with Gasteiger partial charge in [0.25, 0.3) is 0 Å². The minimum absolute atomic E-state index is 0.197. The molecule has 1 rings (SSSR count). The molecule has 78 valence electrons. The maximum absolute atomic E-state index is 6.11. The average molecular weight is 184 g/mol. The van der Waals surface area contributed by atoms with Crippen LogP contribution in [-0.4, -0.2) is 18.6 Å². The van der Waals surface area contributed by atoms with Crippen molar-refractivity contribution in [1.82, 2.24) is 5.32 Å². The quantitative estimate of drug-likeness (QED) is 0.619. The lowest BCUT2D eigenvalue weighted by Crippen LogP contribution is -2.48. The van der Waals surface area contributed by atoms with Gasteiger partial charge in [-0.25, -0.2) is 0 Å². The number of nitrogens with one attached hydrogen (secondary N) is 1. The van der Waals surface area contributed by atoms with Gasteiger partial charge in [-0.2, -0.15) is 0 Å². The third-order valence-electron chi connectivity index (χ3n) is 3.34. The van der Waals surface area contributed by atoms with Gasteiger partial charge in [-0.1, -0.05) is 20.3 Å². The second kappa shape index (κ2) is 4.97. The summed E-state index contributed by atoms with van der Waals surface area (Å²) in [6.45, 7) is 6.77. The molecule has 1 saturated carbocycles. The number of rotatable bonds is 6. The van der Waals surface area contributed by atoms with Gasteiger partial charge in [0.2, 0.25) is 0 Å². The first-order valence-electron chi connectivity index (χ1n) is 5.66. The zero-order chi connectivity index (χ0) is 9.73. The fourth-order valence-electron chi connectivity index (χ4n) is 1.71. The van der Waals surface area contributed by atoms with E-state index in [1.807, 2.05) is 0 Å². The topological polar surface area (TPSA) is 38.0 Å². The summed E-state index contributed by atoms with van der Waals surface area (Å²) < 4.78 is 0. The van der Waals surface area contributed by atoms with Crippen LogP contribution in [0.15, 0.2) is 0 Å². The van der Waals surface area contributed by atoms with Crippen LogP contribution >= 0.6 is 0 Å². The molecule has 0 radical (unpaired) electrons. The SMILES string of the molecule is CCC(C)CNCCC1(N)CCC1. The van der Waals surface area contributed by atoms with Crippen LogP contribution in [-0.2, 0) is 0 Å². The summed E-state index contributed by atoms with van der Waals surface area (Å²) in [5.41, 5.74) is 6.31. The predicted molar refractivity (Wildman–Crippen MR) is 57.7 cm³/mol. The Hall–Kier alpha value is -0.0800. The first-order valence-corrected chi connectivity index (χ1v) is 5.66. The van der Waals surface area contributed by atoms with Crippen molar-refractivity contribution in [3.63, 3.8) is 0 Å². The lowest BCUT2D eigenvalue weighted by molar-refractivity contribution is 0.228. The van der Waals surface area contributed by atoms with E-state index in [-0.39, 0.29) is 5.54 Å². The van der Waals surface area contributed by atoms with E-state index < -0.39 is 0 Å². The van der Waals surface area contributed by atoms with Crippen molar-refractivity contribution in [2.45, 2.75) is 51.5 Å². The average Bonchev–Trinajstić information content (AvgIpc) is 2.09. The number of nitrogens with two attached hydrogens (primary N) is 1. The van der Waals surface area contributed by atoms with Gasteiger partial charge in [0.15, 0.2) is 0 Å². The van der Waals surface area contributed by atoms with Crippen molar-refractivity contribution in [3.05, 3.63) is 0 Å². The van der Waals surface area contributed by atoms with E-state index in [0.717, 1.165) is 25.4 Å². The molecule has 1 fully saturated rings. The summed E-state index contributed by atoms with van der Waals surface area (Å²) in [5, 5.41) is 3.48. The highest BCUT2D eigenvalue weighted by Crippen LogP contribution is 2.31. The van der Waals surface area contributed by atoms with Crippen LogP contribution in [0.2, 0.25) is 0 Å². The molecule has 1 aliphatic rings. The summed E-state index contributed by atoms with van der Waals surface area (Å²) in [5.74, 6) is 0.801. The molecule has 0 saturated heterocycles. The fourth-order valence-corrected chi connectivity index (χ4v) is 1.71. The second-order valence-corrected chi connectivity index (χ2v) is 4.68. The summed E-state index contributed by atoms with van der Waals surface area (Å²) in [6.07, 6.45) is 6.22. The van der Waals surface area contributed by atoms with Gasteiger partial charge in [-0.15, -0.1) is 0 Å². The number of hydrogen-bond acceptors (Lipinski definition) is 2. The monoisotopic (exact) mass is 184 g/mol. The number of hydrogen-bond donors (Lipinski definition) is 2. The molecule has 0 aliphatic heterocycles. The Bertz CT molecular complexity index is 141. The first kappa shape index (κ1) is 11.0. The second-order valence-electron chi connectivity index (χ2n) is 4.68. The highest BCUT2D eigenvalue weighted by molar-refractivity contribution is 4.92. The Balaban J connectivity index is 1.94. The first-order chi connectivity index (χ1) is 6.16. The van der Waals surface area contributed by atoms with E-state index in [2.05, 4.69) is 19.2 Å². The van der Waals surface area contributed by atoms with Gasteiger partial charge in [-0.05, 0) is 44.7 Å². The minimum Gasteiger partial charge on any atom is -0.325 e. The van der Waals surface area contributed by atoms with E-state index >= 15 is 0 Å². The molecule has 0 aromatic rings. The molecule has 2 heteroatoms. The van der Waals surface area contributed by atoms with Crippen molar-refractivity contribution >= 4 is 0 Å². The Labute approximate surface area is 82.3 Å². The lowest BCUT2D eigenvalue weighted by atomic mass is 9.75. The van der Waals surface area contributed by atoms with Crippen LogP contribution in [0.25, 0.3) is 0 Å². The van der Waals surface area contributed by atoms with Crippen molar-refractivity contribution in [2.75, 3.05) is 13.1 Å². The van der Waals surface area contributed by atoms with Crippen LogP contribution in [0.4, 0.5) is 0 Å². The van der Waals surface area contributed by atoms with Gasteiger partial charge in [0, 0.05) is 5.54 Å². The molecule has 3 N–H and O–H groups in total. The standard InChI is InChI=1S/C11H24N2/c1-3-10(2)9-13-8-7-11(12)5-4-6-11/h10,13H,3-9,12H2,1-2H3. The van der Waals surface area contributed by atoms with Gasteiger partial charge >= 0.3 is 0 Å². The Morgan fingerprint density at radius 2 is 2.15 bits per heavy atom. The highest BCUT2D eigenvalue weighted by Gasteiger charge is 2.31. The van der Waals surface area contributed by atoms with E-state index in [4.69, 9.17) is 5.73 Å². The fraction of sp³-hybridized carbons (Fsp3) is 1.00. The Kier molecular flexibility index (Phi) is 4.20. The normalized spacial score (nSPS) is 22.4. The van der Waals surface area contributed by atoms with Crippen molar-refractivity contribution in [2.24, 2.45) is 11.7 Å². The van der Waals surface area contributed by atoms with Gasteiger partial charge in [-0.3, -0.25) is 0 Å². The van der Waals surface area contributed by atoms with Gasteiger partial charge in [0.05, 0.1) is 0 Å². The molecule has 1 unspecified atom stereocenters. The molecule has 1 aliphatic carbocycles. The van der Waals surface area contributed by atoms with Crippen molar-refractivity contribution in [3.8, 4) is 0 Å². The zero-order valence-corrected chi connectivity index (χ0v) is 9.10. The molecule has 0 aromatic heterocycles. The Morgan fingerprint density at radius 3 is 2.62 bits per heavy atom. The third kappa shape index (κ3) is 3.65. The summed E-state index contributed by atoms with van der Waals surface area (Å²) in [7, 11) is 0. The lowest BCUT2D eigenvalue weighted by Gasteiger charge is -2.38. The molecule has 0 aromatic carbocycles. The van der Waals surface area contributed by atoms with E-state index in [9.17, 15) is 0 Å². The summed E-state index contributed by atoms with van der Waals surface area (Å²) in [4.78, 5) is 0. The molecule has 0 heterocycles. The smallest absolute Gasteiger partial charge is 0.0166 e. The van der Waals surface area contributed by atoms with Gasteiger partial charge < -0.3 is 11.1 Å². The predicted octanol–water partition coefficient (Wildman–Crippen LogP) is 1.89. The molecule has 0 spiro atoms. The van der Waals surface area contributed by atoms with E-state index in [1.165, 1.54) is 25.7 Å². The van der Waals surface area contributed by atoms with Crippen LogP contribution in [0, 0.1) is 5.92 Å². The van der Waals surface area contributed by atoms with Crippen LogP contribution in [0.3, 0.4) is 0 Å². The van der Waals surface area contributed by atoms with Crippen molar-refractivity contribution in [1.29, 1.82) is 0 Å². The third-order valence-corrected chi connectivity index (χ3v) is 3.34. The largest absolute Gasteiger partial charge is 0.325 e. The molecule has 0 bridgehead atoms. The molecule has 1 atom stereocenters. The summed E-state index contributed by atoms with van der Waals surface area (Å²) in [6, 6.07) is 0. The molecule has 2 nitrogen and oxygen atoms in total. The molecular formula is C11H24N2. The van der Waals surface area contributed by atoms with Crippen LogP contribution in [0.5, 0.6) is 0 Å². The van der Waals surface area contributed by atoms with E-state index in [0.29, 0.717) is 0 Å². The molecule has 0 amide bonds. The summed E-state index contributed by atoms with van der Waals surface area (Å²) >= 11 is 0. The zero-order valence-electron chi connectivity index (χ0n) is 9.10. The molecule has 13 heavy (non-hydrogen) atoms. The van der Waals surface area contributed by atoms with Crippen LogP contribution in [0.1, 0.15) is 46.0 Å². The van der Waals surface area contributed by atoms with E-state index in [1.54, 1.807) is 0 Å². The van der Waals surface area contributed by atoms with Gasteiger partial charge in [0.1, 0.15) is 0 Å². The Morgan fingerprint density at radius 1 is 1.46 bits per heavy atom.